The highest BCUT2D eigenvalue weighted by Gasteiger charge is 2.25. The van der Waals surface area contributed by atoms with Gasteiger partial charge in [-0.1, -0.05) is 20.8 Å². The lowest BCUT2D eigenvalue weighted by Gasteiger charge is -2.30. The average Bonchev–Trinajstić information content (AvgIpc) is 2.28. The third kappa shape index (κ3) is 4.93. The minimum atomic E-state index is -0.675. The molecular weight excluding hydrogens is 194 g/mol. The normalized spacial score (nSPS) is 13.2. The van der Waals surface area contributed by atoms with Gasteiger partial charge in [0.25, 0.3) is 0 Å². The molecule has 0 aromatic rings. The van der Waals surface area contributed by atoms with Crippen molar-refractivity contribution in [2.45, 2.75) is 39.2 Å². The first-order chi connectivity index (χ1) is 6.95. The molecule has 0 saturated heterocycles. The van der Waals surface area contributed by atoms with Gasteiger partial charge in [-0.15, -0.1) is 0 Å². The molecule has 0 aliphatic rings. The summed E-state index contributed by atoms with van der Waals surface area (Å²) in [6.45, 7) is 6.57. The lowest BCUT2D eigenvalue weighted by Crippen LogP contribution is -2.45. The third-order valence-corrected chi connectivity index (χ3v) is 3.09. The topological polar surface area (TPSA) is 72.7 Å². The highest BCUT2D eigenvalue weighted by atomic mass is 16.3. The van der Waals surface area contributed by atoms with Gasteiger partial charge in [-0.2, -0.15) is 0 Å². The Hall–Kier alpha value is -0.160. The summed E-state index contributed by atoms with van der Waals surface area (Å²) in [6.07, 6.45) is 1.40. The predicted octanol–water partition coefficient (Wildman–Crippen LogP) is 0.118. The zero-order valence-corrected chi connectivity index (χ0v) is 10.1. The zero-order valence-electron chi connectivity index (χ0n) is 10.1. The van der Waals surface area contributed by atoms with Crippen LogP contribution in [0.25, 0.3) is 0 Å². The molecule has 0 heterocycles. The largest absolute Gasteiger partial charge is 0.396 e. The van der Waals surface area contributed by atoms with Crippen molar-refractivity contribution >= 4 is 0 Å². The van der Waals surface area contributed by atoms with Gasteiger partial charge in [0.2, 0.25) is 0 Å². The molecule has 0 radical (unpaired) electrons. The van der Waals surface area contributed by atoms with Crippen molar-refractivity contribution in [1.29, 1.82) is 0 Å². The maximum Gasteiger partial charge on any atom is 0.0766 e. The smallest absolute Gasteiger partial charge is 0.0766 e. The molecule has 92 valence electrons. The van der Waals surface area contributed by atoms with Crippen LogP contribution in [0.15, 0.2) is 0 Å². The molecule has 4 heteroatoms. The lowest BCUT2D eigenvalue weighted by atomic mass is 9.92. The Morgan fingerprint density at radius 3 is 1.80 bits per heavy atom. The van der Waals surface area contributed by atoms with E-state index in [9.17, 15) is 5.11 Å². The average molecular weight is 219 g/mol. The van der Waals surface area contributed by atoms with Gasteiger partial charge in [0, 0.05) is 18.5 Å². The van der Waals surface area contributed by atoms with E-state index in [2.05, 4.69) is 5.32 Å². The summed E-state index contributed by atoms with van der Waals surface area (Å²) < 4.78 is 0. The SMILES string of the molecule is CCC(O)(CC)CNCC(C)(CO)CO. The Morgan fingerprint density at radius 1 is 1.00 bits per heavy atom. The minimum Gasteiger partial charge on any atom is -0.396 e. The predicted molar refractivity (Wildman–Crippen MR) is 60.7 cm³/mol. The van der Waals surface area contributed by atoms with E-state index in [-0.39, 0.29) is 13.2 Å². The van der Waals surface area contributed by atoms with Gasteiger partial charge in [-0.25, -0.2) is 0 Å². The van der Waals surface area contributed by atoms with Gasteiger partial charge in [0.15, 0.2) is 0 Å². The van der Waals surface area contributed by atoms with Crippen LogP contribution < -0.4 is 5.32 Å². The maximum absolute atomic E-state index is 9.98. The van der Waals surface area contributed by atoms with Crippen molar-refractivity contribution < 1.29 is 15.3 Å². The summed E-state index contributed by atoms with van der Waals surface area (Å²) in [6, 6.07) is 0. The van der Waals surface area contributed by atoms with Crippen LogP contribution in [-0.2, 0) is 0 Å². The van der Waals surface area contributed by atoms with Crippen LogP contribution in [0.2, 0.25) is 0 Å². The van der Waals surface area contributed by atoms with E-state index in [1.54, 1.807) is 6.92 Å². The second-order valence-electron chi connectivity index (χ2n) is 4.66. The minimum absolute atomic E-state index is 0.0623. The van der Waals surface area contributed by atoms with Crippen LogP contribution in [0, 0.1) is 5.41 Å². The van der Waals surface area contributed by atoms with Gasteiger partial charge in [-0.3, -0.25) is 0 Å². The van der Waals surface area contributed by atoms with Crippen LogP contribution in [0.4, 0.5) is 0 Å². The first-order valence-electron chi connectivity index (χ1n) is 5.60. The molecule has 0 bridgehead atoms. The van der Waals surface area contributed by atoms with E-state index >= 15 is 0 Å². The second-order valence-corrected chi connectivity index (χ2v) is 4.66. The number of hydrogen-bond donors (Lipinski definition) is 4. The van der Waals surface area contributed by atoms with Gasteiger partial charge in [0.05, 0.1) is 18.8 Å². The Kier molecular flexibility index (Phi) is 6.36. The quantitative estimate of drug-likeness (QED) is 0.468. The number of nitrogens with one attached hydrogen (secondary N) is 1. The Morgan fingerprint density at radius 2 is 1.47 bits per heavy atom. The molecule has 0 spiro atoms. The van der Waals surface area contributed by atoms with Crippen molar-refractivity contribution in [3.63, 3.8) is 0 Å². The molecule has 0 aromatic heterocycles. The number of aliphatic hydroxyl groups is 3. The first-order valence-corrected chi connectivity index (χ1v) is 5.60. The van der Waals surface area contributed by atoms with E-state index in [4.69, 9.17) is 10.2 Å². The summed E-state index contributed by atoms with van der Waals surface area (Å²) in [5.41, 5.74) is -1.19. The van der Waals surface area contributed by atoms with Crippen LogP contribution in [0.5, 0.6) is 0 Å². The lowest BCUT2D eigenvalue weighted by molar-refractivity contribution is 0.0216. The molecule has 0 amide bonds. The van der Waals surface area contributed by atoms with Crippen molar-refractivity contribution in [2.24, 2.45) is 5.41 Å². The highest BCUT2D eigenvalue weighted by Crippen LogP contribution is 2.15. The van der Waals surface area contributed by atoms with Crippen molar-refractivity contribution in [1.82, 2.24) is 5.32 Å². The maximum atomic E-state index is 9.98. The van der Waals surface area contributed by atoms with Crippen LogP contribution >= 0.6 is 0 Å². The first kappa shape index (κ1) is 14.8. The zero-order chi connectivity index (χ0) is 11.9. The summed E-state index contributed by atoms with van der Waals surface area (Å²) >= 11 is 0. The van der Waals surface area contributed by atoms with E-state index in [1.807, 2.05) is 13.8 Å². The van der Waals surface area contributed by atoms with Gasteiger partial charge in [-0.05, 0) is 12.8 Å². The molecular formula is C11H25NO3. The number of rotatable bonds is 8. The molecule has 0 fully saturated rings. The van der Waals surface area contributed by atoms with Crippen LogP contribution in [0.1, 0.15) is 33.6 Å². The summed E-state index contributed by atoms with van der Waals surface area (Å²) in [4.78, 5) is 0. The van der Waals surface area contributed by atoms with Gasteiger partial charge in [0.1, 0.15) is 0 Å². The molecule has 0 aromatic carbocycles. The molecule has 4 N–H and O–H groups in total. The van der Waals surface area contributed by atoms with E-state index in [0.717, 1.165) is 0 Å². The Balaban J connectivity index is 3.96. The molecule has 0 atom stereocenters. The molecule has 0 aliphatic carbocycles. The fraction of sp³-hybridized carbons (Fsp3) is 1.00. The molecule has 0 saturated carbocycles. The van der Waals surface area contributed by atoms with E-state index in [1.165, 1.54) is 0 Å². The molecule has 15 heavy (non-hydrogen) atoms. The Labute approximate surface area is 92.3 Å². The third-order valence-electron chi connectivity index (χ3n) is 3.09. The highest BCUT2D eigenvalue weighted by molar-refractivity contribution is 4.81. The molecule has 0 aliphatic heterocycles. The summed E-state index contributed by atoms with van der Waals surface area (Å²) in [5.74, 6) is 0. The van der Waals surface area contributed by atoms with Crippen molar-refractivity contribution in [3.8, 4) is 0 Å². The number of aliphatic hydroxyl groups excluding tert-OH is 2. The van der Waals surface area contributed by atoms with E-state index < -0.39 is 11.0 Å². The number of hydrogen-bond acceptors (Lipinski definition) is 4. The van der Waals surface area contributed by atoms with E-state index in [0.29, 0.717) is 25.9 Å². The second kappa shape index (κ2) is 6.43. The standard InChI is InChI=1S/C11H25NO3/c1-4-11(15,5-2)7-12-6-10(3,8-13)9-14/h12-15H,4-9H2,1-3H3. The van der Waals surface area contributed by atoms with Crippen LogP contribution in [0.3, 0.4) is 0 Å². The molecule has 0 rings (SSSR count). The van der Waals surface area contributed by atoms with Crippen molar-refractivity contribution in [2.75, 3.05) is 26.3 Å². The fourth-order valence-corrected chi connectivity index (χ4v) is 1.26. The van der Waals surface area contributed by atoms with Gasteiger partial charge >= 0.3 is 0 Å². The fourth-order valence-electron chi connectivity index (χ4n) is 1.26. The molecule has 4 nitrogen and oxygen atoms in total. The summed E-state index contributed by atoms with van der Waals surface area (Å²) in [7, 11) is 0. The summed E-state index contributed by atoms with van der Waals surface area (Å²) in [5, 5.41) is 31.2. The van der Waals surface area contributed by atoms with Crippen molar-refractivity contribution in [3.05, 3.63) is 0 Å². The Bertz CT molecular complexity index is 147. The molecule has 0 unspecified atom stereocenters. The van der Waals surface area contributed by atoms with Crippen LogP contribution in [-0.4, -0.2) is 47.2 Å². The van der Waals surface area contributed by atoms with Gasteiger partial charge < -0.3 is 20.6 Å². The monoisotopic (exact) mass is 219 g/mol.